The summed E-state index contributed by atoms with van der Waals surface area (Å²) in [5.41, 5.74) is 6.25. The van der Waals surface area contributed by atoms with E-state index in [-0.39, 0.29) is 0 Å². The Hall–Kier alpha value is -1.06. The number of nitrogens with zero attached hydrogens (tertiary/aromatic N) is 1. The predicted molar refractivity (Wildman–Crippen MR) is 58.7 cm³/mol. The Balaban J connectivity index is 2.33. The molecule has 0 aromatic heterocycles. The highest BCUT2D eigenvalue weighted by Crippen LogP contribution is 2.07. The molecule has 0 saturated heterocycles. The average molecular weight is 213 g/mol. The third-order valence-electron chi connectivity index (χ3n) is 1.59. The maximum absolute atomic E-state index is 5.72. The van der Waals surface area contributed by atoms with Crippen LogP contribution in [0.5, 0.6) is 0 Å². The second-order valence-corrected chi connectivity index (χ2v) is 3.20. The van der Waals surface area contributed by atoms with E-state index in [2.05, 4.69) is 5.16 Å². The molecular formula is C10H13ClN2O. The standard InChI is InChI=1S/C10H13ClN2O/c11-10-4-2-9(3-5-10)8-13-14-7-1-6-12/h2-5,8H,1,6-7,12H2. The van der Waals surface area contributed by atoms with Gasteiger partial charge in [-0.1, -0.05) is 28.9 Å². The highest BCUT2D eigenvalue weighted by molar-refractivity contribution is 6.30. The molecular weight excluding hydrogens is 200 g/mol. The van der Waals surface area contributed by atoms with Gasteiger partial charge in [-0.2, -0.15) is 0 Å². The van der Waals surface area contributed by atoms with Gasteiger partial charge in [0.05, 0.1) is 6.21 Å². The van der Waals surface area contributed by atoms with Crippen LogP contribution in [0.25, 0.3) is 0 Å². The van der Waals surface area contributed by atoms with Gasteiger partial charge in [0, 0.05) is 5.02 Å². The first-order valence-corrected chi connectivity index (χ1v) is 4.81. The van der Waals surface area contributed by atoms with E-state index in [0.29, 0.717) is 18.2 Å². The fourth-order valence-electron chi connectivity index (χ4n) is 0.848. The van der Waals surface area contributed by atoms with Crippen molar-refractivity contribution in [2.45, 2.75) is 6.42 Å². The third-order valence-corrected chi connectivity index (χ3v) is 1.84. The van der Waals surface area contributed by atoms with Gasteiger partial charge in [0.25, 0.3) is 0 Å². The van der Waals surface area contributed by atoms with E-state index in [4.69, 9.17) is 22.2 Å². The average Bonchev–Trinajstić information content (AvgIpc) is 2.21. The Bertz CT molecular complexity index is 285. The largest absolute Gasteiger partial charge is 0.396 e. The van der Waals surface area contributed by atoms with Gasteiger partial charge in [0.2, 0.25) is 0 Å². The molecule has 1 aromatic carbocycles. The van der Waals surface area contributed by atoms with E-state index in [9.17, 15) is 0 Å². The number of hydrogen-bond acceptors (Lipinski definition) is 3. The normalized spacial score (nSPS) is 10.7. The monoisotopic (exact) mass is 212 g/mol. The van der Waals surface area contributed by atoms with Gasteiger partial charge in [-0.25, -0.2) is 0 Å². The Morgan fingerprint density at radius 1 is 1.36 bits per heavy atom. The summed E-state index contributed by atoms with van der Waals surface area (Å²) < 4.78 is 0. The van der Waals surface area contributed by atoms with E-state index < -0.39 is 0 Å². The van der Waals surface area contributed by atoms with Crippen LogP contribution in [0.1, 0.15) is 12.0 Å². The smallest absolute Gasteiger partial charge is 0.118 e. The van der Waals surface area contributed by atoms with E-state index in [0.717, 1.165) is 12.0 Å². The van der Waals surface area contributed by atoms with Gasteiger partial charge in [-0.3, -0.25) is 0 Å². The van der Waals surface area contributed by atoms with Gasteiger partial charge >= 0.3 is 0 Å². The van der Waals surface area contributed by atoms with Crippen LogP contribution in [-0.4, -0.2) is 19.4 Å². The van der Waals surface area contributed by atoms with Gasteiger partial charge in [0.15, 0.2) is 0 Å². The van der Waals surface area contributed by atoms with Crippen molar-refractivity contribution >= 4 is 17.8 Å². The number of rotatable bonds is 5. The number of benzene rings is 1. The van der Waals surface area contributed by atoms with Crippen molar-refractivity contribution in [3.05, 3.63) is 34.9 Å². The summed E-state index contributed by atoms with van der Waals surface area (Å²) in [7, 11) is 0. The molecule has 14 heavy (non-hydrogen) atoms. The minimum absolute atomic E-state index is 0.556. The summed E-state index contributed by atoms with van der Waals surface area (Å²) in [6.45, 7) is 1.18. The molecule has 2 N–H and O–H groups in total. The molecule has 0 aliphatic heterocycles. The number of hydrogen-bond donors (Lipinski definition) is 1. The molecule has 0 bridgehead atoms. The van der Waals surface area contributed by atoms with E-state index in [1.165, 1.54) is 0 Å². The van der Waals surface area contributed by atoms with Crippen molar-refractivity contribution in [1.29, 1.82) is 0 Å². The molecule has 1 rings (SSSR count). The van der Waals surface area contributed by atoms with E-state index in [1.54, 1.807) is 6.21 Å². The Morgan fingerprint density at radius 3 is 2.71 bits per heavy atom. The van der Waals surface area contributed by atoms with Crippen molar-refractivity contribution in [3.63, 3.8) is 0 Å². The lowest BCUT2D eigenvalue weighted by Gasteiger charge is -1.96. The molecule has 0 amide bonds. The molecule has 0 unspecified atom stereocenters. The molecule has 4 heteroatoms. The lowest BCUT2D eigenvalue weighted by Crippen LogP contribution is -2.02. The minimum Gasteiger partial charge on any atom is -0.396 e. The molecule has 0 atom stereocenters. The molecule has 0 heterocycles. The van der Waals surface area contributed by atoms with Crippen LogP contribution >= 0.6 is 11.6 Å². The maximum Gasteiger partial charge on any atom is 0.118 e. The molecule has 0 radical (unpaired) electrons. The second kappa shape index (κ2) is 6.40. The molecule has 0 aliphatic rings. The zero-order valence-corrected chi connectivity index (χ0v) is 8.57. The second-order valence-electron chi connectivity index (χ2n) is 2.76. The Kier molecular flexibility index (Phi) is 5.04. The van der Waals surface area contributed by atoms with E-state index >= 15 is 0 Å². The first-order chi connectivity index (χ1) is 6.83. The van der Waals surface area contributed by atoms with Crippen LogP contribution in [-0.2, 0) is 4.84 Å². The minimum atomic E-state index is 0.556. The highest BCUT2D eigenvalue weighted by atomic mass is 35.5. The molecule has 3 nitrogen and oxygen atoms in total. The number of oxime groups is 1. The number of halogens is 1. The fourth-order valence-corrected chi connectivity index (χ4v) is 0.974. The van der Waals surface area contributed by atoms with Gasteiger partial charge < -0.3 is 10.6 Å². The van der Waals surface area contributed by atoms with Crippen LogP contribution in [0.15, 0.2) is 29.4 Å². The number of nitrogens with two attached hydrogens (primary N) is 1. The Labute approximate surface area is 88.5 Å². The van der Waals surface area contributed by atoms with Crippen molar-refractivity contribution in [2.75, 3.05) is 13.2 Å². The van der Waals surface area contributed by atoms with Gasteiger partial charge in [-0.15, -0.1) is 0 Å². The third kappa shape index (κ3) is 4.25. The molecule has 0 saturated carbocycles. The predicted octanol–water partition coefficient (Wildman–Crippen LogP) is 2.04. The van der Waals surface area contributed by atoms with Gasteiger partial charge in [-0.05, 0) is 30.7 Å². The summed E-state index contributed by atoms with van der Waals surface area (Å²) in [4.78, 5) is 4.96. The topological polar surface area (TPSA) is 47.6 Å². The summed E-state index contributed by atoms with van der Waals surface area (Å²) in [6, 6.07) is 7.36. The molecule has 0 aliphatic carbocycles. The molecule has 76 valence electrons. The van der Waals surface area contributed by atoms with Crippen LogP contribution in [0.4, 0.5) is 0 Å². The summed E-state index contributed by atoms with van der Waals surface area (Å²) in [5, 5.41) is 4.50. The zero-order valence-electron chi connectivity index (χ0n) is 7.82. The molecule has 0 fully saturated rings. The quantitative estimate of drug-likeness (QED) is 0.461. The van der Waals surface area contributed by atoms with Crippen molar-refractivity contribution in [2.24, 2.45) is 10.9 Å². The van der Waals surface area contributed by atoms with Crippen LogP contribution < -0.4 is 5.73 Å². The van der Waals surface area contributed by atoms with Crippen molar-refractivity contribution < 1.29 is 4.84 Å². The summed E-state index contributed by atoms with van der Waals surface area (Å²) >= 11 is 5.72. The zero-order chi connectivity index (χ0) is 10.2. The molecule has 0 spiro atoms. The summed E-state index contributed by atoms with van der Waals surface area (Å²) in [5.74, 6) is 0. The molecule has 1 aromatic rings. The fraction of sp³-hybridized carbons (Fsp3) is 0.300. The van der Waals surface area contributed by atoms with E-state index in [1.807, 2.05) is 24.3 Å². The SMILES string of the molecule is NCCCON=Cc1ccc(Cl)cc1. The Morgan fingerprint density at radius 2 is 2.07 bits per heavy atom. The maximum atomic E-state index is 5.72. The van der Waals surface area contributed by atoms with Crippen LogP contribution in [0.3, 0.4) is 0 Å². The lowest BCUT2D eigenvalue weighted by atomic mass is 10.2. The van der Waals surface area contributed by atoms with Gasteiger partial charge in [0.1, 0.15) is 6.61 Å². The van der Waals surface area contributed by atoms with Crippen LogP contribution in [0, 0.1) is 0 Å². The first kappa shape index (κ1) is 11.0. The highest BCUT2D eigenvalue weighted by Gasteiger charge is 1.88. The summed E-state index contributed by atoms with van der Waals surface area (Å²) in [6.07, 6.45) is 2.46. The van der Waals surface area contributed by atoms with Crippen LogP contribution in [0.2, 0.25) is 5.02 Å². The van der Waals surface area contributed by atoms with Crippen molar-refractivity contribution in [1.82, 2.24) is 0 Å². The first-order valence-electron chi connectivity index (χ1n) is 4.44. The van der Waals surface area contributed by atoms with Crippen molar-refractivity contribution in [3.8, 4) is 0 Å². The lowest BCUT2D eigenvalue weighted by molar-refractivity contribution is 0.145.